The molecule has 0 saturated heterocycles. The van der Waals surface area contributed by atoms with Crippen molar-refractivity contribution in [2.75, 3.05) is 0 Å². The number of rotatable bonds is 5. The van der Waals surface area contributed by atoms with Crippen LogP contribution in [0.1, 0.15) is 35.8 Å². The lowest BCUT2D eigenvalue weighted by Gasteiger charge is -2.10. The minimum atomic E-state index is -0.761. The number of aromatic nitrogens is 2. The molecule has 0 aliphatic heterocycles. The molecule has 0 aliphatic carbocycles. The highest BCUT2D eigenvalue weighted by atomic mass is 35.5. The zero-order chi connectivity index (χ0) is 20.4. The summed E-state index contributed by atoms with van der Waals surface area (Å²) < 4.78 is 6.94. The fourth-order valence-corrected chi connectivity index (χ4v) is 2.93. The molecule has 3 rings (SSSR count). The topological polar surface area (TPSA) is 87.3 Å². The SMILES string of the molecule is CC(C)c1cc(OC(=O)c2ccc([N+](=O)[O-])cc2Cl)n(-c2ccccc2Cl)n1. The van der Waals surface area contributed by atoms with Crippen molar-refractivity contribution in [2.45, 2.75) is 19.8 Å². The van der Waals surface area contributed by atoms with Gasteiger partial charge in [-0.15, -0.1) is 0 Å². The molecule has 0 radical (unpaired) electrons. The zero-order valence-electron chi connectivity index (χ0n) is 14.9. The second-order valence-corrected chi connectivity index (χ2v) is 7.05. The third-order valence-corrected chi connectivity index (χ3v) is 4.58. The largest absolute Gasteiger partial charge is 0.404 e. The second-order valence-electron chi connectivity index (χ2n) is 6.24. The van der Waals surface area contributed by atoms with Crippen LogP contribution in [0.2, 0.25) is 10.0 Å². The van der Waals surface area contributed by atoms with Gasteiger partial charge in [0, 0.05) is 18.2 Å². The third kappa shape index (κ3) is 4.00. The fraction of sp³-hybridized carbons (Fsp3) is 0.158. The Kier molecular flexibility index (Phi) is 5.67. The van der Waals surface area contributed by atoms with E-state index in [0.29, 0.717) is 16.4 Å². The number of hydrogen-bond acceptors (Lipinski definition) is 5. The van der Waals surface area contributed by atoms with Gasteiger partial charge in [0.15, 0.2) is 0 Å². The zero-order valence-corrected chi connectivity index (χ0v) is 16.4. The Morgan fingerprint density at radius 2 is 1.86 bits per heavy atom. The van der Waals surface area contributed by atoms with Crippen LogP contribution in [-0.4, -0.2) is 20.7 Å². The summed E-state index contributed by atoms with van der Waals surface area (Å²) in [5.41, 5.74) is 1.04. The summed E-state index contributed by atoms with van der Waals surface area (Å²) in [6.07, 6.45) is 0. The molecule has 3 aromatic rings. The number of benzene rings is 2. The smallest absolute Gasteiger partial charge is 0.346 e. The Hall–Kier alpha value is -2.90. The molecule has 28 heavy (non-hydrogen) atoms. The number of carbonyl (C=O) groups is 1. The molecule has 1 aromatic heterocycles. The average Bonchev–Trinajstić information content (AvgIpc) is 3.05. The average molecular weight is 420 g/mol. The van der Waals surface area contributed by atoms with Gasteiger partial charge in [-0.1, -0.05) is 49.2 Å². The molecule has 1 heterocycles. The van der Waals surface area contributed by atoms with Gasteiger partial charge in [-0.3, -0.25) is 10.1 Å². The van der Waals surface area contributed by atoms with Crippen molar-refractivity contribution in [3.8, 4) is 11.6 Å². The lowest BCUT2D eigenvalue weighted by atomic mass is 10.1. The van der Waals surface area contributed by atoms with Gasteiger partial charge < -0.3 is 4.74 Å². The molecule has 0 N–H and O–H groups in total. The quantitative estimate of drug-likeness (QED) is 0.312. The maximum absolute atomic E-state index is 12.6. The second kappa shape index (κ2) is 8.00. The Morgan fingerprint density at radius 1 is 1.14 bits per heavy atom. The van der Waals surface area contributed by atoms with E-state index in [4.69, 9.17) is 27.9 Å². The minimum Gasteiger partial charge on any atom is -0.404 e. The van der Waals surface area contributed by atoms with E-state index in [1.54, 1.807) is 30.3 Å². The van der Waals surface area contributed by atoms with Crippen molar-refractivity contribution >= 4 is 34.9 Å². The highest BCUT2D eigenvalue weighted by molar-refractivity contribution is 6.34. The molecular weight excluding hydrogens is 405 g/mol. The molecule has 7 nitrogen and oxygen atoms in total. The molecule has 2 aromatic carbocycles. The lowest BCUT2D eigenvalue weighted by molar-refractivity contribution is -0.384. The van der Waals surface area contributed by atoms with Gasteiger partial charge in [0.05, 0.1) is 31.9 Å². The molecule has 0 unspecified atom stereocenters. The van der Waals surface area contributed by atoms with Crippen LogP contribution in [0.15, 0.2) is 48.5 Å². The monoisotopic (exact) mass is 419 g/mol. The summed E-state index contributed by atoms with van der Waals surface area (Å²) in [4.78, 5) is 22.9. The van der Waals surface area contributed by atoms with Crippen LogP contribution in [-0.2, 0) is 0 Å². The van der Waals surface area contributed by atoms with Crippen molar-refractivity contribution in [3.05, 3.63) is 79.9 Å². The Bertz CT molecular complexity index is 1060. The first kappa shape index (κ1) is 19.9. The van der Waals surface area contributed by atoms with E-state index in [-0.39, 0.29) is 28.1 Å². The first-order valence-electron chi connectivity index (χ1n) is 8.29. The van der Waals surface area contributed by atoms with Crippen molar-refractivity contribution < 1.29 is 14.5 Å². The summed E-state index contributed by atoms with van der Waals surface area (Å²) in [5, 5.41) is 15.7. The summed E-state index contributed by atoms with van der Waals surface area (Å²) in [6, 6.07) is 12.2. The Labute approximate surface area is 170 Å². The Balaban J connectivity index is 1.99. The van der Waals surface area contributed by atoms with Crippen molar-refractivity contribution in [1.29, 1.82) is 0 Å². The van der Waals surface area contributed by atoms with E-state index in [1.165, 1.54) is 16.8 Å². The standard InChI is InChI=1S/C19H15Cl2N3O4/c1-11(2)16-10-18(23(22-16)17-6-4-3-5-14(17)20)28-19(25)13-8-7-12(24(26)27)9-15(13)21/h3-11H,1-2H3. The van der Waals surface area contributed by atoms with Crippen molar-refractivity contribution in [2.24, 2.45) is 0 Å². The van der Waals surface area contributed by atoms with E-state index in [2.05, 4.69) is 5.10 Å². The molecule has 0 fully saturated rings. The number of nitro benzene ring substituents is 1. The minimum absolute atomic E-state index is 0.00488. The number of para-hydroxylation sites is 1. The predicted octanol–water partition coefficient (Wildman–Crippen LogP) is 5.43. The number of halogens is 2. The van der Waals surface area contributed by atoms with Gasteiger partial charge in [0.25, 0.3) is 5.69 Å². The number of esters is 1. The molecule has 0 spiro atoms. The molecule has 0 bridgehead atoms. The van der Waals surface area contributed by atoms with Crippen LogP contribution >= 0.6 is 23.2 Å². The highest BCUT2D eigenvalue weighted by Crippen LogP contribution is 2.29. The van der Waals surface area contributed by atoms with Crippen LogP contribution in [0, 0.1) is 10.1 Å². The molecular formula is C19H15Cl2N3O4. The van der Waals surface area contributed by atoms with Gasteiger partial charge in [0.2, 0.25) is 5.88 Å². The number of nitro groups is 1. The van der Waals surface area contributed by atoms with Gasteiger partial charge in [0.1, 0.15) is 0 Å². The third-order valence-electron chi connectivity index (χ3n) is 3.95. The number of non-ortho nitro benzene ring substituents is 1. The number of nitrogens with zero attached hydrogens (tertiary/aromatic N) is 3. The van der Waals surface area contributed by atoms with E-state index >= 15 is 0 Å². The molecule has 0 aliphatic rings. The Morgan fingerprint density at radius 3 is 2.46 bits per heavy atom. The van der Waals surface area contributed by atoms with Crippen LogP contribution < -0.4 is 4.74 Å². The molecule has 0 amide bonds. The maximum Gasteiger partial charge on any atom is 0.346 e. The van der Waals surface area contributed by atoms with Crippen molar-refractivity contribution in [3.63, 3.8) is 0 Å². The van der Waals surface area contributed by atoms with E-state index in [1.807, 2.05) is 13.8 Å². The van der Waals surface area contributed by atoms with Crippen molar-refractivity contribution in [1.82, 2.24) is 9.78 Å². The summed E-state index contributed by atoms with van der Waals surface area (Å²) in [5.74, 6) is -0.510. The van der Waals surface area contributed by atoms with E-state index in [9.17, 15) is 14.9 Å². The van der Waals surface area contributed by atoms with Gasteiger partial charge in [-0.25, -0.2) is 4.79 Å². The number of hydrogen-bond donors (Lipinski definition) is 0. The van der Waals surface area contributed by atoms with E-state index in [0.717, 1.165) is 6.07 Å². The molecule has 9 heteroatoms. The number of carbonyl (C=O) groups excluding carboxylic acids is 1. The first-order chi connectivity index (χ1) is 13.3. The molecule has 144 valence electrons. The first-order valence-corrected chi connectivity index (χ1v) is 9.04. The summed E-state index contributed by atoms with van der Waals surface area (Å²) in [7, 11) is 0. The van der Waals surface area contributed by atoms with Crippen LogP contribution in [0.25, 0.3) is 5.69 Å². The van der Waals surface area contributed by atoms with Crippen LogP contribution in [0.5, 0.6) is 5.88 Å². The lowest BCUT2D eigenvalue weighted by Crippen LogP contribution is -2.12. The van der Waals surface area contributed by atoms with Gasteiger partial charge >= 0.3 is 5.97 Å². The number of ether oxygens (including phenoxy) is 1. The normalized spacial score (nSPS) is 10.9. The maximum atomic E-state index is 12.6. The summed E-state index contributed by atoms with van der Waals surface area (Å²) in [6.45, 7) is 3.91. The van der Waals surface area contributed by atoms with Crippen LogP contribution in [0.3, 0.4) is 0 Å². The summed E-state index contributed by atoms with van der Waals surface area (Å²) >= 11 is 12.3. The van der Waals surface area contributed by atoms with Crippen LogP contribution in [0.4, 0.5) is 5.69 Å². The van der Waals surface area contributed by atoms with Gasteiger partial charge in [-0.2, -0.15) is 9.78 Å². The molecule has 0 atom stereocenters. The fourth-order valence-electron chi connectivity index (χ4n) is 2.47. The highest BCUT2D eigenvalue weighted by Gasteiger charge is 2.21. The van der Waals surface area contributed by atoms with E-state index < -0.39 is 10.9 Å². The predicted molar refractivity (Wildman–Crippen MR) is 106 cm³/mol. The van der Waals surface area contributed by atoms with Gasteiger partial charge in [-0.05, 0) is 24.1 Å². The molecule has 0 saturated carbocycles.